The van der Waals surface area contributed by atoms with Crippen LogP contribution in [0, 0.1) is 5.82 Å². The summed E-state index contributed by atoms with van der Waals surface area (Å²) in [7, 11) is 1.70. The van der Waals surface area contributed by atoms with Gasteiger partial charge in [0.2, 0.25) is 5.91 Å². The van der Waals surface area contributed by atoms with E-state index in [1.807, 2.05) is 18.2 Å². The molecular weight excluding hydrogens is 458 g/mol. The van der Waals surface area contributed by atoms with Crippen molar-refractivity contribution in [1.82, 2.24) is 16.0 Å². The molecule has 2 aromatic rings. The zero-order valence-electron chi connectivity index (χ0n) is 15.5. The first kappa shape index (κ1) is 22.9. The van der Waals surface area contributed by atoms with Gasteiger partial charge in [-0.1, -0.05) is 42.5 Å². The minimum atomic E-state index is -0.334. The van der Waals surface area contributed by atoms with E-state index in [2.05, 4.69) is 40.0 Å². The second-order valence-corrected chi connectivity index (χ2v) is 5.93. The SMILES string of the molecule is CN=C(NCCNC(=O)Cc1cccc(F)c1)NC(C)c1ccccc1.I. The number of aliphatic imine (C=N–C) groups is 1. The van der Waals surface area contributed by atoms with E-state index in [0.29, 0.717) is 24.6 Å². The molecule has 3 N–H and O–H groups in total. The number of hydrogen-bond donors (Lipinski definition) is 3. The summed E-state index contributed by atoms with van der Waals surface area (Å²) in [6.45, 7) is 3.05. The molecule has 0 fully saturated rings. The van der Waals surface area contributed by atoms with Gasteiger partial charge in [0.05, 0.1) is 12.5 Å². The number of carbonyl (C=O) groups excluding carboxylic acids is 1. The monoisotopic (exact) mass is 484 g/mol. The molecule has 0 radical (unpaired) electrons. The highest BCUT2D eigenvalue weighted by Gasteiger charge is 2.07. The molecule has 0 aromatic heterocycles. The number of nitrogens with zero attached hydrogens (tertiary/aromatic N) is 1. The molecular formula is C20H26FIN4O. The highest BCUT2D eigenvalue weighted by atomic mass is 127. The molecule has 27 heavy (non-hydrogen) atoms. The summed E-state index contributed by atoms with van der Waals surface area (Å²) >= 11 is 0. The summed E-state index contributed by atoms with van der Waals surface area (Å²) in [4.78, 5) is 16.1. The molecule has 1 unspecified atom stereocenters. The van der Waals surface area contributed by atoms with Crippen LogP contribution in [0.2, 0.25) is 0 Å². The predicted molar refractivity (Wildman–Crippen MR) is 118 cm³/mol. The third kappa shape index (κ3) is 8.38. The Hall–Kier alpha value is -2.16. The van der Waals surface area contributed by atoms with E-state index in [-0.39, 0.29) is 48.2 Å². The van der Waals surface area contributed by atoms with Gasteiger partial charge in [0.1, 0.15) is 5.82 Å². The van der Waals surface area contributed by atoms with Crippen LogP contribution in [0.15, 0.2) is 59.6 Å². The van der Waals surface area contributed by atoms with Crippen molar-refractivity contribution >= 4 is 35.8 Å². The number of halogens is 2. The lowest BCUT2D eigenvalue weighted by Gasteiger charge is -2.18. The summed E-state index contributed by atoms with van der Waals surface area (Å²) in [6.07, 6.45) is 0.162. The molecule has 0 bridgehead atoms. The number of benzene rings is 2. The van der Waals surface area contributed by atoms with E-state index < -0.39 is 0 Å². The Morgan fingerprint density at radius 1 is 1.07 bits per heavy atom. The lowest BCUT2D eigenvalue weighted by Crippen LogP contribution is -2.42. The summed E-state index contributed by atoms with van der Waals surface area (Å²) in [5.74, 6) is 0.193. The number of amides is 1. The number of carbonyl (C=O) groups is 1. The van der Waals surface area contributed by atoms with Crippen molar-refractivity contribution < 1.29 is 9.18 Å². The molecule has 0 heterocycles. The van der Waals surface area contributed by atoms with Crippen LogP contribution in [0.4, 0.5) is 4.39 Å². The fourth-order valence-electron chi connectivity index (χ4n) is 2.50. The minimum Gasteiger partial charge on any atom is -0.355 e. The predicted octanol–water partition coefficient (Wildman–Crippen LogP) is 3.03. The van der Waals surface area contributed by atoms with Gasteiger partial charge in [-0.2, -0.15) is 0 Å². The molecule has 5 nitrogen and oxygen atoms in total. The van der Waals surface area contributed by atoms with Gasteiger partial charge >= 0.3 is 0 Å². The van der Waals surface area contributed by atoms with Crippen LogP contribution < -0.4 is 16.0 Å². The van der Waals surface area contributed by atoms with Gasteiger partial charge in [-0.25, -0.2) is 4.39 Å². The van der Waals surface area contributed by atoms with Gasteiger partial charge < -0.3 is 16.0 Å². The van der Waals surface area contributed by atoms with Crippen molar-refractivity contribution in [2.45, 2.75) is 19.4 Å². The Morgan fingerprint density at radius 3 is 2.44 bits per heavy atom. The maximum Gasteiger partial charge on any atom is 0.224 e. The van der Waals surface area contributed by atoms with Gasteiger partial charge in [-0.15, -0.1) is 24.0 Å². The molecule has 146 valence electrons. The molecule has 1 atom stereocenters. The summed E-state index contributed by atoms with van der Waals surface area (Å²) < 4.78 is 13.1. The lowest BCUT2D eigenvalue weighted by atomic mass is 10.1. The first-order valence-corrected chi connectivity index (χ1v) is 8.61. The largest absolute Gasteiger partial charge is 0.355 e. The summed E-state index contributed by atoms with van der Waals surface area (Å²) in [6, 6.07) is 16.3. The van der Waals surface area contributed by atoms with Crippen molar-refractivity contribution in [3.63, 3.8) is 0 Å². The Kier molecular flexibility index (Phi) is 10.4. The molecule has 0 saturated heterocycles. The second kappa shape index (κ2) is 12.3. The van der Waals surface area contributed by atoms with Crippen LogP contribution in [0.25, 0.3) is 0 Å². The quantitative estimate of drug-likeness (QED) is 0.245. The standard InChI is InChI=1S/C20H25FN4O.HI/c1-15(17-8-4-3-5-9-17)25-20(22-2)24-12-11-23-19(26)14-16-7-6-10-18(21)13-16;/h3-10,13,15H,11-12,14H2,1-2H3,(H,23,26)(H2,22,24,25);1H. The van der Waals surface area contributed by atoms with Crippen LogP contribution in [0.1, 0.15) is 24.1 Å². The summed E-state index contributed by atoms with van der Waals surface area (Å²) in [5.41, 5.74) is 1.82. The Balaban J connectivity index is 0.00000364. The number of guanidine groups is 1. The number of hydrogen-bond acceptors (Lipinski definition) is 2. The molecule has 0 aliphatic rings. The fraction of sp³-hybridized carbons (Fsp3) is 0.300. The van der Waals surface area contributed by atoms with E-state index in [1.165, 1.54) is 17.7 Å². The Bertz CT molecular complexity index is 740. The van der Waals surface area contributed by atoms with Crippen LogP contribution in [-0.4, -0.2) is 32.0 Å². The third-order valence-electron chi connectivity index (χ3n) is 3.87. The van der Waals surface area contributed by atoms with Crippen molar-refractivity contribution in [3.05, 3.63) is 71.5 Å². The maximum atomic E-state index is 13.1. The Morgan fingerprint density at radius 2 is 1.78 bits per heavy atom. The van der Waals surface area contributed by atoms with Gasteiger partial charge in [-0.3, -0.25) is 9.79 Å². The number of nitrogens with one attached hydrogen (secondary N) is 3. The molecule has 2 rings (SSSR count). The van der Waals surface area contributed by atoms with E-state index in [1.54, 1.807) is 19.2 Å². The molecule has 0 aliphatic heterocycles. The minimum absolute atomic E-state index is 0. The van der Waals surface area contributed by atoms with E-state index >= 15 is 0 Å². The van der Waals surface area contributed by atoms with Crippen molar-refractivity contribution in [2.24, 2.45) is 4.99 Å². The highest BCUT2D eigenvalue weighted by Crippen LogP contribution is 2.10. The number of rotatable bonds is 7. The first-order chi connectivity index (χ1) is 12.6. The molecule has 7 heteroatoms. The van der Waals surface area contributed by atoms with E-state index in [4.69, 9.17) is 0 Å². The molecule has 2 aromatic carbocycles. The van der Waals surface area contributed by atoms with Gasteiger partial charge in [0, 0.05) is 20.1 Å². The zero-order chi connectivity index (χ0) is 18.8. The van der Waals surface area contributed by atoms with Gasteiger partial charge in [0.25, 0.3) is 0 Å². The molecule has 0 spiro atoms. The Labute approximate surface area is 176 Å². The first-order valence-electron chi connectivity index (χ1n) is 8.61. The van der Waals surface area contributed by atoms with Crippen molar-refractivity contribution in [2.75, 3.05) is 20.1 Å². The van der Waals surface area contributed by atoms with E-state index in [0.717, 1.165) is 0 Å². The van der Waals surface area contributed by atoms with Crippen molar-refractivity contribution in [3.8, 4) is 0 Å². The third-order valence-corrected chi connectivity index (χ3v) is 3.87. The van der Waals surface area contributed by atoms with E-state index in [9.17, 15) is 9.18 Å². The van der Waals surface area contributed by atoms with Crippen molar-refractivity contribution in [1.29, 1.82) is 0 Å². The average molecular weight is 484 g/mol. The molecule has 0 aliphatic carbocycles. The normalized spacial score (nSPS) is 11.9. The molecule has 1 amide bonds. The molecule has 0 saturated carbocycles. The van der Waals surface area contributed by atoms with Crippen LogP contribution in [-0.2, 0) is 11.2 Å². The highest BCUT2D eigenvalue weighted by molar-refractivity contribution is 14.0. The fourth-order valence-corrected chi connectivity index (χ4v) is 2.50. The summed E-state index contributed by atoms with van der Waals surface area (Å²) in [5, 5.41) is 9.27. The van der Waals surface area contributed by atoms with Crippen LogP contribution in [0.5, 0.6) is 0 Å². The average Bonchev–Trinajstić information content (AvgIpc) is 2.64. The van der Waals surface area contributed by atoms with Crippen LogP contribution >= 0.6 is 24.0 Å². The van der Waals surface area contributed by atoms with Gasteiger partial charge in [0.15, 0.2) is 5.96 Å². The topological polar surface area (TPSA) is 65.5 Å². The smallest absolute Gasteiger partial charge is 0.224 e. The maximum absolute atomic E-state index is 13.1. The zero-order valence-corrected chi connectivity index (χ0v) is 17.9. The lowest BCUT2D eigenvalue weighted by molar-refractivity contribution is -0.120. The second-order valence-electron chi connectivity index (χ2n) is 5.93. The van der Waals surface area contributed by atoms with Gasteiger partial charge in [-0.05, 0) is 30.2 Å². The van der Waals surface area contributed by atoms with Crippen LogP contribution in [0.3, 0.4) is 0 Å².